The predicted molar refractivity (Wildman–Crippen MR) is 107 cm³/mol. The number of aryl methyl sites for hydroxylation is 1. The summed E-state index contributed by atoms with van der Waals surface area (Å²) < 4.78 is 32.2. The van der Waals surface area contributed by atoms with Crippen LogP contribution in [0.15, 0.2) is 58.2 Å². The number of fused-ring (bicyclic) bond motifs is 1. The number of nitrogens with one attached hydrogen (secondary N) is 1. The van der Waals surface area contributed by atoms with Crippen molar-refractivity contribution in [1.82, 2.24) is 9.29 Å². The maximum Gasteiger partial charge on any atom is 0.252 e. The highest BCUT2D eigenvalue weighted by Gasteiger charge is 2.25. The molecule has 1 aromatic heterocycles. The Labute approximate surface area is 163 Å². The average Bonchev–Trinajstić information content (AvgIpc) is 2.68. The minimum Gasteiger partial charge on any atom is -0.497 e. The number of aliphatic hydroxyl groups is 1. The molecule has 3 rings (SSSR count). The molecule has 1 heterocycles. The topological polar surface area (TPSA) is 99.7 Å². The zero-order chi connectivity index (χ0) is 20.3. The molecule has 0 unspecified atom stereocenters. The van der Waals surface area contributed by atoms with E-state index in [4.69, 9.17) is 4.74 Å². The first-order valence-electron chi connectivity index (χ1n) is 8.73. The molecule has 0 fully saturated rings. The summed E-state index contributed by atoms with van der Waals surface area (Å²) in [6.45, 7) is 1.30. The monoisotopic (exact) mass is 402 g/mol. The van der Waals surface area contributed by atoms with Crippen molar-refractivity contribution < 1.29 is 18.3 Å². The first-order chi connectivity index (χ1) is 13.3. The van der Waals surface area contributed by atoms with Crippen molar-refractivity contribution in [3.05, 3.63) is 70.0 Å². The van der Waals surface area contributed by atoms with Gasteiger partial charge in [0, 0.05) is 24.2 Å². The number of methoxy groups -OCH3 is 1. The smallest absolute Gasteiger partial charge is 0.252 e. The third-order valence-electron chi connectivity index (χ3n) is 4.47. The van der Waals surface area contributed by atoms with Gasteiger partial charge in [0.15, 0.2) is 0 Å². The van der Waals surface area contributed by atoms with Crippen LogP contribution in [-0.4, -0.2) is 43.1 Å². The SMILES string of the molecule is COc1ccc(S(=O)(=O)N(CCO)Cc2cc3ccc(C)cc3[nH]c2=O)cc1. The Bertz CT molecular complexity index is 1140. The third-order valence-corrected chi connectivity index (χ3v) is 6.33. The molecule has 0 radical (unpaired) electrons. The lowest BCUT2D eigenvalue weighted by Gasteiger charge is -2.21. The van der Waals surface area contributed by atoms with Crippen LogP contribution in [0, 0.1) is 6.92 Å². The molecule has 148 valence electrons. The molecule has 7 nitrogen and oxygen atoms in total. The molecule has 0 saturated heterocycles. The molecular weight excluding hydrogens is 380 g/mol. The van der Waals surface area contributed by atoms with E-state index in [2.05, 4.69) is 4.98 Å². The Hall–Kier alpha value is -2.68. The largest absolute Gasteiger partial charge is 0.497 e. The highest BCUT2D eigenvalue weighted by molar-refractivity contribution is 7.89. The van der Waals surface area contributed by atoms with Crippen LogP contribution < -0.4 is 10.3 Å². The van der Waals surface area contributed by atoms with Crippen molar-refractivity contribution in [2.75, 3.05) is 20.3 Å². The van der Waals surface area contributed by atoms with Crippen LogP contribution in [-0.2, 0) is 16.6 Å². The van der Waals surface area contributed by atoms with E-state index in [0.29, 0.717) is 16.8 Å². The summed E-state index contributed by atoms with van der Waals surface area (Å²) in [6.07, 6.45) is 0. The number of rotatable bonds is 7. The number of H-pyrrole nitrogens is 1. The number of aliphatic hydroxyl groups excluding tert-OH is 1. The van der Waals surface area contributed by atoms with Gasteiger partial charge in [-0.1, -0.05) is 12.1 Å². The molecule has 8 heteroatoms. The quantitative estimate of drug-likeness (QED) is 0.630. The summed E-state index contributed by atoms with van der Waals surface area (Å²) in [7, 11) is -2.40. The fourth-order valence-corrected chi connectivity index (χ4v) is 4.37. The molecule has 0 aliphatic carbocycles. The van der Waals surface area contributed by atoms with E-state index >= 15 is 0 Å². The molecular formula is C20H22N2O5S. The van der Waals surface area contributed by atoms with Gasteiger partial charge in [0.2, 0.25) is 10.0 Å². The first-order valence-corrected chi connectivity index (χ1v) is 10.2. The molecule has 0 saturated carbocycles. The molecule has 0 amide bonds. The van der Waals surface area contributed by atoms with Gasteiger partial charge in [0.1, 0.15) is 5.75 Å². The average molecular weight is 402 g/mol. The third kappa shape index (κ3) is 4.09. The number of nitrogens with zero attached hydrogens (tertiary/aromatic N) is 1. The van der Waals surface area contributed by atoms with Crippen LogP contribution in [0.4, 0.5) is 0 Å². The van der Waals surface area contributed by atoms with Crippen LogP contribution in [0.3, 0.4) is 0 Å². The summed E-state index contributed by atoms with van der Waals surface area (Å²) in [4.78, 5) is 15.3. The van der Waals surface area contributed by atoms with Gasteiger partial charge in [0.25, 0.3) is 5.56 Å². The second kappa shape index (κ2) is 8.14. The van der Waals surface area contributed by atoms with Crippen molar-refractivity contribution in [2.24, 2.45) is 0 Å². The van der Waals surface area contributed by atoms with Gasteiger partial charge in [-0.25, -0.2) is 8.42 Å². The standard InChI is InChI=1S/C20H22N2O5S/c1-14-3-4-15-12-16(20(24)21-19(15)11-14)13-22(9-10-23)28(25,26)18-7-5-17(27-2)6-8-18/h3-8,11-12,23H,9-10,13H2,1-2H3,(H,21,24). The molecule has 0 aliphatic rings. The van der Waals surface area contributed by atoms with E-state index < -0.39 is 10.0 Å². The van der Waals surface area contributed by atoms with E-state index in [1.807, 2.05) is 25.1 Å². The van der Waals surface area contributed by atoms with E-state index in [1.165, 1.54) is 19.2 Å². The maximum absolute atomic E-state index is 13.0. The minimum absolute atomic E-state index is 0.0644. The number of ether oxygens (including phenoxy) is 1. The molecule has 2 N–H and O–H groups in total. The van der Waals surface area contributed by atoms with Gasteiger partial charge in [-0.05, 0) is 54.3 Å². The van der Waals surface area contributed by atoms with E-state index in [1.54, 1.807) is 18.2 Å². The van der Waals surface area contributed by atoms with Gasteiger partial charge < -0.3 is 14.8 Å². The lowest BCUT2D eigenvalue weighted by molar-refractivity contribution is 0.251. The number of aromatic nitrogens is 1. The van der Waals surface area contributed by atoms with Gasteiger partial charge in [-0.15, -0.1) is 0 Å². The lowest BCUT2D eigenvalue weighted by Crippen LogP contribution is -2.35. The summed E-state index contributed by atoms with van der Waals surface area (Å²) in [5.41, 5.74) is 1.66. The van der Waals surface area contributed by atoms with Crippen molar-refractivity contribution in [2.45, 2.75) is 18.4 Å². The van der Waals surface area contributed by atoms with E-state index in [0.717, 1.165) is 15.3 Å². The molecule has 0 atom stereocenters. The molecule has 0 bridgehead atoms. The van der Waals surface area contributed by atoms with Crippen LogP contribution in [0.5, 0.6) is 5.75 Å². The molecule has 3 aromatic rings. The molecule has 28 heavy (non-hydrogen) atoms. The second-order valence-electron chi connectivity index (χ2n) is 6.45. The van der Waals surface area contributed by atoms with Gasteiger partial charge >= 0.3 is 0 Å². The zero-order valence-corrected chi connectivity index (χ0v) is 16.5. The number of hydrogen-bond acceptors (Lipinski definition) is 5. The number of pyridine rings is 1. The van der Waals surface area contributed by atoms with Crippen LogP contribution in [0.2, 0.25) is 0 Å². The van der Waals surface area contributed by atoms with Crippen LogP contribution in [0.25, 0.3) is 10.9 Å². The second-order valence-corrected chi connectivity index (χ2v) is 8.39. The molecule has 0 spiro atoms. The summed E-state index contributed by atoms with van der Waals surface area (Å²) in [5, 5.41) is 10.2. The summed E-state index contributed by atoms with van der Waals surface area (Å²) in [5.74, 6) is 0.536. The number of hydrogen-bond donors (Lipinski definition) is 2. The summed E-state index contributed by atoms with van der Waals surface area (Å²) >= 11 is 0. The predicted octanol–water partition coefficient (Wildman–Crippen LogP) is 2.03. The Balaban J connectivity index is 1.98. The Kier molecular flexibility index (Phi) is 5.83. The van der Waals surface area contributed by atoms with Gasteiger partial charge in [0.05, 0.1) is 18.6 Å². The fourth-order valence-electron chi connectivity index (χ4n) is 2.96. The Morgan fingerprint density at radius 3 is 2.46 bits per heavy atom. The zero-order valence-electron chi connectivity index (χ0n) is 15.7. The molecule has 0 aliphatic heterocycles. The lowest BCUT2D eigenvalue weighted by atomic mass is 10.1. The van der Waals surface area contributed by atoms with E-state index in [9.17, 15) is 18.3 Å². The number of aromatic amines is 1. The van der Waals surface area contributed by atoms with Gasteiger partial charge in [-0.2, -0.15) is 4.31 Å². The van der Waals surface area contributed by atoms with Crippen molar-refractivity contribution >= 4 is 20.9 Å². The molecule has 2 aromatic carbocycles. The summed E-state index contributed by atoms with van der Waals surface area (Å²) in [6, 6.07) is 13.3. The normalized spacial score (nSPS) is 11.9. The fraction of sp³-hybridized carbons (Fsp3) is 0.250. The number of benzene rings is 2. The van der Waals surface area contributed by atoms with Crippen molar-refractivity contribution in [3.8, 4) is 5.75 Å². The highest BCUT2D eigenvalue weighted by atomic mass is 32.2. The van der Waals surface area contributed by atoms with Gasteiger partial charge in [-0.3, -0.25) is 4.79 Å². The first kappa shape index (κ1) is 20.1. The Morgan fingerprint density at radius 1 is 1.11 bits per heavy atom. The number of sulfonamides is 1. The van der Waals surface area contributed by atoms with E-state index in [-0.39, 0.29) is 30.2 Å². The van der Waals surface area contributed by atoms with Crippen molar-refractivity contribution in [1.29, 1.82) is 0 Å². The van der Waals surface area contributed by atoms with Crippen LogP contribution >= 0.6 is 0 Å². The maximum atomic E-state index is 13.0. The minimum atomic E-state index is -3.90. The Morgan fingerprint density at radius 2 is 1.82 bits per heavy atom. The van der Waals surface area contributed by atoms with Crippen LogP contribution in [0.1, 0.15) is 11.1 Å². The van der Waals surface area contributed by atoms with Crippen molar-refractivity contribution in [3.63, 3.8) is 0 Å². The highest BCUT2D eigenvalue weighted by Crippen LogP contribution is 2.21.